The third-order valence-electron chi connectivity index (χ3n) is 3.75. The predicted octanol–water partition coefficient (Wildman–Crippen LogP) is 3.09. The lowest BCUT2D eigenvalue weighted by Crippen LogP contribution is -2.17. The summed E-state index contributed by atoms with van der Waals surface area (Å²) in [4.78, 5) is 16.5. The van der Waals surface area contributed by atoms with Crippen LogP contribution in [-0.2, 0) is 11.2 Å². The van der Waals surface area contributed by atoms with Crippen LogP contribution in [0.1, 0.15) is 11.5 Å². The van der Waals surface area contributed by atoms with Crippen molar-refractivity contribution in [2.45, 2.75) is 13.3 Å². The first kappa shape index (κ1) is 14.6. The zero-order chi connectivity index (χ0) is 16.5. The van der Waals surface area contributed by atoms with Gasteiger partial charge >= 0.3 is 0 Å². The van der Waals surface area contributed by atoms with E-state index in [0.717, 1.165) is 16.8 Å². The number of carbonyl (C=O) groups is 1. The number of nitrogens with zero attached hydrogens (tertiary/aromatic N) is 1. The monoisotopic (exact) mass is 324 g/mol. The number of hydrogen-bond donors (Lipinski definition) is 1. The molecular weight excluding hydrogens is 308 g/mol. The SMILES string of the molecule is Cc1nc2cc(NC(=O)Cc3ccc4c(c3)OCCO4)ccc2o1. The Morgan fingerprint density at radius 1 is 1.12 bits per heavy atom. The highest BCUT2D eigenvalue weighted by Gasteiger charge is 2.13. The van der Waals surface area contributed by atoms with Crippen LogP contribution in [0.15, 0.2) is 40.8 Å². The van der Waals surface area contributed by atoms with Crippen LogP contribution < -0.4 is 14.8 Å². The molecule has 1 aromatic heterocycles. The number of aromatic nitrogens is 1. The Balaban J connectivity index is 1.47. The minimum Gasteiger partial charge on any atom is -0.486 e. The molecule has 0 atom stereocenters. The quantitative estimate of drug-likeness (QED) is 0.801. The third kappa shape index (κ3) is 2.90. The molecule has 0 radical (unpaired) electrons. The highest BCUT2D eigenvalue weighted by atomic mass is 16.6. The molecule has 0 saturated carbocycles. The third-order valence-corrected chi connectivity index (χ3v) is 3.75. The second-order valence-electron chi connectivity index (χ2n) is 5.62. The fourth-order valence-corrected chi connectivity index (χ4v) is 2.71. The average molecular weight is 324 g/mol. The van der Waals surface area contributed by atoms with E-state index >= 15 is 0 Å². The lowest BCUT2D eigenvalue weighted by atomic mass is 10.1. The summed E-state index contributed by atoms with van der Waals surface area (Å²) in [5, 5.41) is 2.88. The Hall–Kier alpha value is -3.02. The van der Waals surface area contributed by atoms with E-state index in [2.05, 4.69) is 10.3 Å². The molecule has 0 fully saturated rings. The number of hydrogen-bond acceptors (Lipinski definition) is 5. The number of nitrogens with one attached hydrogen (secondary N) is 1. The summed E-state index contributed by atoms with van der Waals surface area (Å²) in [6.07, 6.45) is 0.256. The van der Waals surface area contributed by atoms with Crippen LogP contribution in [0, 0.1) is 6.92 Å². The van der Waals surface area contributed by atoms with Crippen molar-refractivity contribution in [3.63, 3.8) is 0 Å². The fourth-order valence-electron chi connectivity index (χ4n) is 2.71. The molecule has 1 aliphatic heterocycles. The van der Waals surface area contributed by atoms with Crippen molar-refractivity contribution in [2.75, 3.05) is 18.5 Å². The topological polar surface area (TPSA) is 73.6 Å². The van der Waals surface area contributed by atoms with Gasteiger partial charge in [0.05, 0.1) is 6.42 Å². The normalized spacial score (nSPS) is 13.0. The Morgan fingerprint density at radius 2 is 1.96 bits per heavy atom. The Bertz CT molecular complexity index is 917. The maximum Gasteiger partial charge on any atom is 0.228 e. The van der Waals surface area contributed by atoms with Crippen LogP contribution >= 0.6 is 0 Å². The van der Waals surface area contributed by atoms with Crippen LogP contribution in [0.25, 0.3) is 11.1 Å². The highest BCUT2D eigenvalue weighted by molar-refractivity contribution is 5.94. The van der Waals surface area contributed by atoms with Gasteiger partial charge in [-0.15, -0.1) is 0 Å². The van der Waals surface area contributed by atoms with Crippen molar-refractivity contribution in [1.82, 2.24) is 4.98 Å². The molecule has 4 rings (SSSR count). The number of fused-ring (bicyclic) bond motifs is 2. The number of rotatable bonds is 3. The maximum absolute atomic E-state index is 12.3. The van der Waals surface area contributed by atoms with E-state index in [1.54, 1.807) is 25.1 Å². The molecule has 0 saturated heterocycles. The van der Waals surface area contributed by atoms with E-state index in [-0.39, 0.29) is 12.3 Å². The molecule has 0 unspecified atom stereocenters. The summed E-state index contributed by atoms with van der Waals surface area (Å²) in [7, 11) is 0. The predicted molar refractivity (Wildman–Crippen MR) is 88.5 cm³/mol. The standard InChI is InChI=1S/C18H16N2O4/c1-11-19-14-10-13(3-5-15(14)24-11)20-18(21)9-12-2-4-16-17(8-12)23-7-6-22-16/h2-5,8,10H,6-7,9H2,1H3,(H,20,21). The van der Waals surface area contributed by atoms with Crippen molar-refractivity contribution in [2.24, 2.45) is 0 Å². The van der Waals surface area contributed by atoms with Gasteiger partial charge in [0, 0.05) is 12.6 Å². The molecule has 6 heteroatoms. The lowest BCUT2D eigenvalue weighted by molar-refractivity contribution is -0.115. The van der Waals surface area contributed by atoms with E-state index in [1.165, 1.54) is 0 Å². The number of anilines is 1. The molecule has 1 N–H and O–H groups in total. The molecule has 2 heterocycles. The fraction of sp³-hybridized carbons (Fsp3) is 0.222. The van der Waals surface area contributed by atoms with Gasteiger partial charge in [-0.1, -0.05) is 6.07 Å². The summed E-state index contributed by atoms with van der Waals surface area (Å²) in [5.41, 5.74) is 3.00. The second-order valence-corrected chi connectivity index (χ2v) is 5.62. The second kappa shape index (κ2) is 5.88. The number of carbonyl (C=O) groups excluding carboxylic acids is 1. The summed E-state index contributed by atoms with van der Waals surface area (Å²) < 4.78 is 16.4. The van der Waals surface area contributed by atoms with E-state index in [0.29, 0.717) is 36.1 Å². The molecule has 3 aromatic rings. The average Bonchev–Trinajstić information content (AvgIpc) is 2.94. The summed E-state index contributed by atoms with van der Waals surface area (Å²) in [5.74, 6) is 1.90. The zero-order valence-electron chi connectivity index (χ0n) is 13.2. The zero-order valence-corrected chi connectivity index (χ0v) is 13.2. The molecule has 122 valence electrons. The van der Waals surface area contributed by atoms with Gasteiger partial charge in [-0.2, -0.15) is 0 Å². The summed E-state index contributed by atoms with van der Waals surface area (Å²) in [6.45, 7) is 2.87. The van der Waals surface area contributed by atoms with Gasteiger partial charge < -0.3 is 19.2 Å². The molecule has 0 bridgehead atoms. The van der Waals surface area contributed by atoms with Gasteiger partial charge in [0.15, 0.2) is 23.0 Å². The molecule has 2 aromatic carbocycles. The van der Waals surface area contributed by atoms with Crippen LogP contribution in [0.2, 0.25) is 0 Å². The Labute approximate surface area is 138 Å². The van der Waals surface area contributed by atoms with Crippen molar-refractivity contribution in [1.29, 1.82) is 0 Å². The van der Waals surface area contributed by atoms with Gasteiger partial charge in [-0.3, -0.25) is 4.79 Å². The smallest absolute Gasteiger partial charge is 0.228 e. The maximum atomic E-state index is 12.3. The molecule has 6 nitrogen and oxygen atoms in total. The Kier molecular flexibility index (Phi) is 3.57. The first-order chi connectivity index (χ1) is 11.7. The minimum atomic E-state index is -0.105. The summed E-state index contributed by atoms with van der Waals surface area (Å²) >= 11 is 0. The lowest BCUT2D eigenvalue weighted by Gasteiger charge is -2.18. The molecule has 0 aliphatic carbocycles. The number of oxazole rings is 1. The van der Waals surface area contributed by atoms with Crippen molar-refractivity contribution < 1.29 is 18.7 Å². The highest BCUT2D eigenvalue weighted by Crippen LogP contribution is 2.31. The van der Waals surface area contributed by atoms with Crippen LogP contribution in [0.3, 0.4) is 0 Å². The van der Waals surface area contributed by atoms with Gasteiger partial charge in [-0.25, -0.2) is 4.98 Å². The van der Waals surface area contributed by atoms with Crippen molar-refractivity contribution in [3.05, 3.63) is 47.9 Å². The summed E-state index contributed by atoms with van der Waals surface area (Å²) in [6, 6.07) is 11.0. The van der Waals surface area contributed by atoms with E-state index in [9.17, 15) is 4.79 Å². The van der Waals surface area contributed by atoms with Crippen LogP contribution in [-0.4, -0.2) is 24.1 Å². The first-order valence-corrected chi connectivity index (χ1v) is 7.73. The largest absolute Gasteiger partial charge is 0.486 e. The minimum absolute atomic E-state index is 0.105. The van der Waals surface area contributed by atoms with Crippen molar-refractivity contribution >= 4 is 22.7 Å². The number of amides is 1. The van der Waals surface area contributed by atoms with E-state index in [4.69, 9.17) is 13.9 Å². The van der Waals surface area contributed by atoms with Gasteiger partial charge in [0.1, 0.15) is 18.7 Å². The van der Waals surface area contributed by atoms with Crippen LogP contribution in [0.4, 0.5) is 5.69 Å². The number of ether oxygens (including phenoxy) is 2. The molecular formula is C18H16N2O4. The molecule has 0 spiro atoms. The van der Waals surface area contributed by atoms with E-state index < -0.39 is 0 Å². The molecule has 24 heavy (non-hydrogen) atoms. The molecule has 1 amide bonds. The van der Waals surface area contributed by atoms with Gasteiger partial charge in [0.2, 0.25) is 5.91 Å². The van der Waals surface area contributed by atoms with Gasteiger partial charge in [0.25, 0.3) is 0 Å². The van der Waals surface area contributed by atoms with Gasteiger partial charge in [-0.05, 0) is 35.9 Å². The molecule has 1 aliphatic rings. The first-order valence-electron chi connectivity index (χ1n) is 7.73. The van der Waals surface area contributed by atoms with E-state index in [1.807, 2.05) is 18.2 Å². The number of aryl methyl sites for hydroxylation is 1. The Morgan fingerprint density at radius 3 is 2.83 bits per heavy atom. The van der Waals surface area contributed by atoms with Crippen LogP contribution in [0.5, 0.6) is 11.5 Å². The number of benzene rings is 2. The van der Waals surface area contributed by atoms with Crippen molar-refractivity contribution in [3.8, 4) is 11.5 Å².